The van der Waals surface area contributed by atoms with Gasteiger partial charge in [0.15, 0.2) is 0 Å². The molecule has 0 spiro atoms. The van der Waals surface area contributed by atoms with E-state index < -0.39 is 0 Å². The molecule has 150 valence electrons. The van der Waals surface area contributed by atoms with Crippen molar-refractivity contribution in [3.8, 4) is 5.75 Å². The van der Waals surface area contributed by atoms with Gasteiger partial charge in [0.2, 0.25) is 12.3 Å². The number of nitrogens with one attached hydrogen (secondary N) is 1. The molecule has 9 heteroatoms. The summed E-state index contributed by atoms with van der Waals surface area (Å²) in [4.78, 5) is 29.5. The number of carbonyl (C=O) groups is 2. The maximum Gasteiger partial charge on any atom is 0.244 e. The second kappa shape index (κ2) is 8.70. The van der Waals surface area contributed by atoms with Crippen LogP contribution in [0.1, 0.15) is 5.69 Å². The van der Waals surface area contributed by atoms with Crippen LogP contribution in [0.25, 0.3) is 10.9 Å². The molecular formula is C20H21N5O4. The molecule has 1 N–H and O–H groups in total. The van der Waals surface area contributed by atoms with Crippen molar-refractivity contribution in [2.24, 2.45) is 0 Å². The summed E-state index contributed by atoms with van der Waals surface area (Å²) >= 11 is 0. The summed E-state index contributed by atoms with van der Waals surface area (Å²) in [5, 5.41) is 7.95. The molecule has 0 atom stereocenters. The summed E-state index contributed by atoms with van der Waals surface area (Å²) in [6, 6.07) is 9.10. The highest BCUT2D eigenvalue weighted by molar-refractivity contribution is 5.89. The van der Waals surface area contributed by atoms with Crippen molar-refractivity contribution >= 4 is 28.9 Å². The zero-order valence-electron chi connectivity index (χ0n) is 15.8. The molecule has 3 heterocycles. The van der Waals surface area contributed by atoms with Gasteiger partial charge in [-0.15, -0.1) is 0 Å². The molecule has 4 rings (SSSR count). The molecule has 0 saturated carbocycles. The fraction of sp³-hybridized carbons (Fsp3) is 0.300. The monoisotopic (exact) mass is 395 g/mol. The molecule has 1 aliphatic heterocycles. The van der Waals surface area contributed by atoms with Gasteiger partial charge in [-0.3, -0.25) is 19.3 Å². The molecule has 1 saturated heterocycles. The first-order chi connectivity index (χ1) is 14.2. The molecule has 0 radical (unpaired) electrons. The number of benzene rings is 1. The second-order valence-electron chi connectivity index (χ2n) is 6.60. The van der Waals surface area contributed by atoms with Gasteiger partial charge in [-0.1, -0.05) is 6.07 Å². The summed E-state index contributed by atoms with van der Waals surface area (Å²) < 4.78 is 12.7. The molecule has 0 unspecified atom stereocenters. The van der Waals surface area contributed by atoms with E-state index in [1.807, 2.05) is 18.2 Å². The smallest absolute Gasteiger partial charge is 0.244 e. The first kappa shape index (κ1) is 18.9. The van der Waals surface area contributed by atoms with Gasteiger partial charge in [0.25, 0.3) is 0 Å². The number of anilines is 1. The number of nitrogens with zero attached hydrogens (tertiary/aromatic N) is 4. The standard InChI is InChI=1S/C20H21N5O4/c26-14-22-18-9-15-11-25(12-20(27)24-5-7-28-8-6-24)23-17(15)10-19(18)29-13-16-3-1-2-4-21-16/h1-4,9-11,14H,5-8,12-13H2,(H,22,26). The highest BCUT2D eigenvalue weighted by Crippen LogP contribution is 2.30. The minimum absolute atomic E-state index is 0.000952. The van der Waals surface area contributed by atoms with Gasteiger partial charge in [0, 0.05) is 36.9 Å². The Kier molecular flexibility index (Phi) is 5.66. The van der Waals surface area contributed by atoms with Crippen LogP contribution in [0.4, 0.5) is 5.69 Å². The summed E-state index contributed by atoms with van der Waals surface area (Å²) in [7, 11) is 0. The van der Waals surface area contributed by atoms with Crippen LogP contribution in [-0.4, -0.2) is 58.3 Å². The van der Waals surface area contributed by atoms with Crippen LogP contribution < -0.4 is 10.1 Å². The van der Waals surface area contributed by atoms with Crippen LogP contribution >= 0.6 is 0 Å². The first-order valence-electron chi connectivity index (χ1n) is 9.32. The highest BCUT2D eigenvalue weighted by atomic mass is 16.5. The molecule has 1 aliphatic rings. The molecule has 9 nitrogen and oxygen atoms in total. The lowest BCUT2D eigenvalue weighted by atomic mass is 10.2. The average Bonchev–Trinajstić information content (AvgIpc) is 3.14. The van der Waals surface area contributed by atoms with Gasteiger partial charge in [0.05, 0.1) is 30.1 Å². The summed E-state index contributed by atoms with van der Waals surface area (Å²) in [6.07, 6.45) is 4.08. The van der Waals surface area contributed by atoms with Gasteiger partial charge < -0.3 is 19.7 Å². The Morgan fingerprint density at radius 2 is 2.14 bits per heavy atom. The Labute approximate surface area is 167 Å². The van der Waals surface area contributed by atoms with E-state index >= 15 is 0 Å². The third-order valence-electron chi connectivity index (χ3n) is 4.63. The van der Waals surface area contributed by atoms with E-state index in [1.165, 1.54) is 0 Å². The minimum Gasteiger partial charge on any atom is -0.485 e. The molecule has 1 aromatic carbocycles. The van der Waals surface area contributed by atoms with Gasteiger partial charge >= 0.3 is 0 Å². The van der Waals surface area contributed by atoms with Crippen molar-refractivity contribution in [3.05, 3.63) is 48.4 Å². The Morgan fingerprint density at radius 3 is 2.90 bits per heavy atom. The highest BCUT2D eigenvalue weighted by Gasteiger charge is 2.18. The Morgan fingerprint density at radius 1 is 1.28 bits per heavy atom. The van der Waals surface area contributed by atoms with Crippen molar-refractivity contribution in [1.29, 1.82) is 0 Å². The predicted molar refractivity (Wildman–Crippen MR) is 105 cm³/mol. The van der Waals surface area contributed by atoms with Crippen LogP contribution in [-0.2, 0) is 27.5 Å². The number of morpholine rings is 1. The summed E-state index contributed by atoms with van der Waals surface area (Å²) in [5.41, 5.74) is 1.97. The lowest BCUT2D eigenvalue weighted by molar-refractivity contribution is -0.136. The molecule has 1 fully saturated rings. The minimum atomic E-state index is -0.000952. The molecule has 3 aromatic rings. The topological polar surface area (TPSA) is 98.6 Å². The fourth-order valence-corrected chi connectivity index (χ4v) is 3.17. The number of pyridine rings is 1. The van der Waals surface area contributed by atoms with E-state index in [9.17, 15) is 9.59 Å². The van der Waals surface area contributed by atoms with Gasteiger partial charge in [-0.05, 0) is 18.2 Å². The molecule has 0 bridgehead atoms. The third kappa shape index (κ3) is 4.52. The molecule has 2 amide bonds. The van der Waals surface area contributed by atoms with E-state index in [0.29, 0.717) is 49.7 Å². The van der Waals surface area contributed by atoms with E-state index in [1.54, 1.807) is 34.1 Å². The van der Waals surface area contributed by atoms with Gasteiger partial charge in [-0.25, -0.2) is 0 Å². The van der Waals surface area contributed by atoms with E-state index in [-0.39, 0.29) is 19.1 Å². The number of aromatic nitrogens is 3. The lowest BCUT2D eigenvalue weighted by Crippen LogP contribution is -2.42. The van der Waals surface area contributed by atoms with Crippen molar-refractivity contribution in [2.45, 2.75) is 13.2 Å². The Bertz CT molecular complexity index is 999. The number of hydrogen-bond donors (Lipinski definition) is 1. The number of fused-ring (bicyclic) bond motifs is 1. The molecule has 29 heavy (non-hydrogen) atoms. The fourth-order valence-electron chi connectivity index (χ4n) is 3.17. The Hall–Kier alpha value is -3.46. The van der Waals surface area contributed by atoms with Crippen LogP contribution in [0.15, 0.2) is 42.7 Å². The zero-order chi connectivity index (χ0) is 20.1. The van der Waals surface area contributed by atoms with Crippen molar-refractivity contribution < 1.29 is 19.1 Å². The van der Waals surface area contributed by atoms with E-state index in [0.717, 1.165) is 11.1 Å². The van der Waals surface area contributed by atoms with Gasteiger partial charge in [-0.2, -0.15) is 5.10 Å². The van der Waals surface area contributed by atoms with Gasteiger partial charge in [0.1, 0.15) is 18.9 Å². The second-order valence-corrected chi connectivity index (χ2v) is 6.60. The summed E-state index contributed by atoms with van der Waals surface area (Å²) in [6.45, 7) is 2.72. The maximum atomic E-state index is 12.5. The molecular weight excluding hydrogens is 374 g/mol. The number of rotatable bonds is 7. The van der Waals surface area contributed by atoms with Crippen molar-refractivity contribution in [2.75, 3.05) is 31.6 Å². The maximum absolute atomic E-state index is 12.5. The van der Waals surface area contributed by atoms with Crippen LogP contribution in [0.3, 0.4) is 0 Å². The zero-order valence-corrected chi connectivity index (χ0v) is 15.8. The van der Waals surface area contributed by atoms with E-state index in [2.05, 4.69) is 15.4 Å². The first-order valence-corrected chi connectivity index (χ1v) is 9.32. The lowest BCUT2D eigenvalue weighted by Gasteiger charge is -2.26. The largest absolute Gasteiger partial charge is 0.485 e. The SMILES string of the molecule is O=CNc1cc2cn(CC(=O)N3CCOCC3)nc2cc1OCc1ccccn1. The van der Waals surface area contributed by atoms with Crippen LogP contribution in [0, 0.1) is 0 Å². The van der Waals surface area contributed by atoms with E-state index in [4.69, 9.17) is 9.47 Å². The normalized spacial score (nSPS) is 14.0. The predicted octanol–water partition coefficient (Wildman–Crippen LogP) is 1.44. The number of amides is 2. The van der Waals surface area contributed by atoms with Crippen LogP contribution in [0.5, 0.6) is 5.75 Å². The number of ether oxygens (including phenoxy) is 2. The average molecular weight is 395 g/mol. The number of hydrogen-bond acceptors (Lipinski definition) is 6. The summed E-state index contributed by atoms with van der Waals surface area (Å²) in [5.74, 6) is 0.485. The Balaban J connectivity index is 1.53. The van der Waals surface area contributed by atoms with Crippen molar-refractivity contribution in [1.82, 2.24) is 19.7 Å². The molecule has 2 aromatic heterocycles. The number of carbonyl (C=O) groups excluding carboxylic acids is 2. The molecule has 0 aliphatic carbocycles. The quantitative estimate of drug-likeness (QED) is 0.608. The third-order valence-corrected chi connectivity index (χ3v) is 4.63. The van der Waals surface area contributed by atoms with Crippen molar-refractivity contribution in [3.63, 3.8) is 0 Å². The van der Waals surface area contributed by atoms with Crippen LogP contribution in [0.2, 0.25) is 0 Å².